The maximum absolute atomic E-state index is 13.1. The molecule has 3 amide bonds. The van der Waals surface area contributed by atoms with Crippen molar-refractivity contribution < 1.29 is 14.4 Å². The molecule has 4 atom stereocenters. The quantitative estimate of drug-likeness (QED) is 0.274. The molecule has 3 aliphatic rings. The zero-order valence-electron chi connectivity index (χ0n) is 19.4. The van der Waals surface area contributed by atoms with Crippen molar-refractivity contribution in [1.29, 1.82) is 0 Å². The van der Waals surface area contributed by atoms with Crippen LogP contribution in [0.4, 0.5) is 11.4 Å². The van der Waals surface area contributed by atoms with Gasteiger partial charge in [0.05, 0.1) is 33.5 Å². The Morgan fingerprint density at radius 1 is 1.09 bits per heavy atom. The summed E-state index contributed by atoms with van der Waals surface area (Å²) < 4.78 is 1.68. The van der Waals surface area contributed by atoms with Gasteiger partial charge in [-0.15, -0.1) is 11.3 Å². The van der Waals surface area contributed by atoms with Crippen molar-refractivity contribution in [1.82, 2.24) is 4.98 Å². The number of fused-ring (bicyclic) bond motifs is 6. The van der Waals surface area contributed by atoms with Crippen molar-refractivity contribution in [3.8, 4) is 0 Å². The van der Waals surface area contributed by atoms with Crippen LogP contribution in [0.15, 0.2) is 59.0 Å². The number of thiazole rings is 1. The van der Waals surface area contributed by atoms with Gasteiger partial charge in [0.25, 0.3) is 0 Å². The average molecular weight is 504 g/mol. The maximum atomic E-state index is 13.1. The summed E-state index contributed by atoms with van der Waals surface area (Å²) in [6.07, 6.45) is 5.13. The molecule has 2 bridgehead atoms. The van der Waals surface area contributed by atoms with Crippen LogP contribution in [-0.4, -0.2) is 28.5 Å². The SMILES string of the molecule is CC(C)c1ccc(NC(=O)CSc2nc3ccc(N4C(=O)[C@H]5[C@H](C4=O)[C@H]4C=C[C@H]5C4)cc3s2)cc1. The molecule has 0 unspecified atom stereocenters. The molecule has 1 aromatic heterocycles. The maximum Gasteiger partial charge on any atom is 0.238 e. The molecule has 3 aromatic rings. The van der Waals surface area contributed by atoms with Gasteiger partial charge < -0.3 is 5.32 Å². The van der Waals surface area contributed by atoms with E-state index in [-0.39, 0.29) is 47.1 Å². The van der Waals surface area contributed by atoms with Crippen molar-refractivity contribution in [2.75, 3.05) is 16.0 Å². The number of anilines is 2. The van der Waals surface area contributed by atoms with Crippen LogP contribution in [-0.2, 0) is 14.4 Å². The first kappa shape index (κ1) is 22.5. The van der Waals surface area contributed by atoms with Crippen LogP contribution in [0.5, 0.6) is 0 Å². The van der Waals surface area contributed by atoms with Gasteiger partial charge in [0, 0.05) is 5.69 Å². The Morgan fingerprint density at radius 2 is 1.77 bits per heavy atom. The molecule has 1 saturated heterocycles. The minimum absolute atomic E-state index is 0.0755. The lowest BCUT2D eigenvalue weighted by molar-refractivity contribution is -0.123. The van der Waals surface area contributed by atoms with Gasteiger partial charge in [-0.1, -0.05) is 49.9 Å². The number of nitrogens with one attached hydrogen (secondary N) is 1. The molecule has 2 heterocycles. The Balaban J connectivity index is 1.13. The number of aromatic nitrogens is 1. The van der Waals surface area contributed by atoms with Crippen molar-refractivity contribution in [2.45, 2.75) is 30.5 Å². The molecule has 1 saturated carbocycles. The summed E-state index contributed by atoms with van der Waals surface area (Å²) in [7, 11) is 0. The number of amides is 3. The van der Waals surface area contributed by atoms with Gasteiger partial charge in [0.1, 0.15) is 0 Å². The van der Waals surface area contributed by atoms with Crippen LogP contribution in [0, 0.1) is 23.7 Å². The third-order valence-electron chi connectivity index (χ3n) is 7.27. The minimum atomic E-state index is -0.208. The number of carbonyl (C=O) groups is 3. The Kier molecular flexibility index (Phi) is 5.53. The molecule has 178 valence electrons. The molecule has 0 radical (unpaired) electrons. The summed E-state index contributed by atoms with van der Waals surface area (Å²) >= 11 is 2.85. The van der Waals surface area contributed by atoms with E-state index < -0.39 is 0 Å². The van der Waals surface area contributed by atoms with E-state index in [0.717, 1.165) is 26.7 Å². The van der Waals surface area contributed by atoms with Gasteiger partial charge in [-0.3, -0.25) is 14.4 Å². The third kappa shape index (κ3) is 3.89. The number of carbonyl (C=O) groups excluding carboxylic acids is 3. The van der Waals surface area contributed by atoms with E-state index in [9.17, 15) is 14.4 Å². The summed E-state index contributed by atoms with van der Waals surface area (Å²) in [5, 5.41) is 2.93. The molecule has 0 spiro atoms. The second kappa shape index (κ2) is 8.60. The van der Waals surface area contributed by atoms with Crippen molar-refractivity contribution >= 4 is 62.4 Å². The van der Waals surface area contributed by atoms with E-state index in [1.54, 1.807) is 6.07 Å². The predicted molar refractivity (Wildman–Crippen MR) is 140 cm³/mol. The summed E-state index contributed by atoms with van der Waals surface area (Å²) in [6.45, 7) is 4.27. The Labute approximate surface area is 211 Å². The molecular weight excluding hydrogens is 478 g/mol. The first-order chi connectivity index (χ1) is 16.9. The van der Waals surface area contributed by atoms with Crippen molar-refractivity contribution in [3.63, 3.8) is 0 Å². The highest BCUT2D eigenvalue weighted by atomic mass is 32.2. The van der Waals surface area contributed by atoms with E-state index >= 15 is 0 Å². The number of benzene rings is 2. The lowest BCUT2D eigenvalue weighted by atomic mass is 9.85. The Bertz CT molecular complexity index is 1350. The van der Waals surface area contributed by atoms with Crippen molar-refractivity contribution in [3.05, 3.63) is 60.2 Å². The van der Waals surface area contributed by atoms with Gasteiger partial charge >= 0.3 is 0 Å². The fourth-order valence-electron chi connectivity index (χ4n) is 5.53. The lowest BCUT2D eigenvalue weighted by Gasteiger charge is -2.17. The van der Waals surface area contributed by atoms with E-state index in [2.05, 4.69) is 36.3 Å². The second-order valence-corrected chi connectivity index (χ2v) is 12.0. The first-order valence-electron chi connectivity index (χ1n) is 11.9. The van der Waals surface area contributed by atoms with Crippen LogP contribution >= 0.6 is 23.1 Å². The second-order valence-electron chi connectivity index (χ2n) is 9.76. The molecule has 35 heavy (non-hydrogen) atoms. The first-order valence-corrected chi connectivity index (χ1v) is 13.7. The number of nitrogens with zero attached hydrogens (tertiary/aromatic N) is 2. The normalized spacial score (nSPS) is 24.7. The smallest absolute Gasteiger partial charge is 0.238 e. The van der Waals surface area contributed by atoms with E-state index in [4.69, 9.17) is 0 Å². The Morgan fingerprint density at radius 3 is 2.43 bits per heavy atom. The summed E-state index contributed by atoms with van der Waals surface area (Å²) in [6, 6.07) is 13.4. The zero-order valence-corrected chi connectivity index (χ0v) is 21.1. The van der Waals surface area contributed by atoms with Crippen LogP contribution in [0.25, 0.3) is 10.2 Å². The van der Waals surface area contributed by atoms with Crippen LogP contribution in [0.2, 0.25) is 0 Å². The largest absolute Gasteiger partial charge is 0.325 e. The summed E-state index contributed by atoms with van der Waals surface area (Å²) in [5.74, 6) is 0.435. The molecule has 2 aromatic carbocycles. The molecule has 2 fully saturated rings. The monoisotopic (exact) mass is 503 g/mol. The fourth-order valence-corrected chi connectivity index (χ4v) is 7.43. The average Bonchev–Trinajstić information content (AvgIpc) is 3.60. The number of hydrogen-bond acceptors (Lipinski definition) is 6. The van der Waals surface area contributed by atoms with Crippen molar-refractivity contribution in [2.24, 2.45) is 23.7 Å². The van der Waals surface area contributed by atoms with E-state index in [1.807, 2.05) is 36.4 Å². The minimum Gasteiger partial charge on any atom is -0.325 e. The third-order valence-corrected chi connectivity index (χ3v) is 9.43. The summed E-state index contributed by atoms with van der Waals surface area (Å²) in [5.41, 5.74) is 3.43. The van der Waals surface area contributed by atoms with Gasteiger partial charge in [-0.2, -0.15) is 0 Å². The van der Waals surface area contributed by atoms with Gasteiger partial charge in [0.15, 0.2) is 4.34 Å². The topological polar surface area (TPSA) is 79.4 Å². The van der Waals surface area contributed by atoms with Gasteiger partial charge in [-0.25, -0.2) is 9.88 Å². The molecule has 1 aliphatic heterocycles. The Hall–Kier alpha value is -2.97. The van der Waals surface area contributed by atoms with Crippen LogP contribution in [0.1, 0.15) is 31.7 Å². The molecule has 6 nitrogen and oxygen atoms in total. The highest BCUT2D eigenvalue weighted by Crippen LogP contribution is 2.53. The highest BCUT2D eigenvalue weighted by molar-refractivity contribution is 8.01. The van der Waals surface area contributed by atoms with Crippen LogP contribution < -0.4 is 10.2 Å². The molecule has 1 N–H and O–H groups in total. The molecule has 8 heteroatoms. The number of rotatable bonds is 6. The van der Waals surface area contributed by atoms with Gasteiger partial charge in [-0.05, 0) is 60.1 Å². The fraction of sp³-hybridized carbons (Fsp3) is 0.333. The molecule has 2 aliphatic carbocycles. The number of imide groups is 1. The van der Waals surface area contributed by atoms with E-state index in [1.165, 1.54) is 33.6 Å². The standard InChI is InChI=1S/C27H25N3O3S2/c1-14(2)15-5-7-18(8-6-15)28-22(31)13-34-27-29-20-10-9-19(12-21(20)35-27)30-25(32)23-16-3-4-17(11-16)24(23)26(30)33/h3-10,12,14,16-17,23-24H,11,13H2,1-2H3,(H,28,31)/t16-,17-,23+,24+/m0/s1. The zero-order chi connectivity index (χ0) is 24.3. The summed E-state index contributed by atoms with van der Waals surface area (Å²) in [4.78, 5) is 44.7. The molecule has 6 rings (SSSR count). The number of thioether (sulfide) groups is 1. The highest BCUT2D eigenvalue weighted by Gasteiger charge is 2.59. The van der Waals surface area contributed by atoms with Crippen LogP contribution in [0.3, 0.4) is 0 Å². The van der Waals surface area contributed by atoms with E-state index in [0.29, 0.717) is 11.6 Å². The number of hydrogen-bond donors (Lipinski definition) is 1. The number of allylic oxidation sites excluding steroid dienone is 2. The van der Waals surface area contributed by atoms with Gasteiger partial charge in [0.2, 0.25) is 17.7 Å². The predicted octanol–water partition coefficient (Wildman–Crippen LogP) is 5.46. The lowest BCUT2D eigenvalue weighted by Crippen LogP contribution is -2.32. The molecular formula is C27H25N3O3S2.